The van der Waals surface area contributed by atoms with Crippen LogP contribution in [-0.4, -0.2) is 32.7 Å². The first kappa shape index (κ1) is 19.7. The molecule has 1 aromatic carbocycles. The van der Waals surface area contributed by atoms with Gasteiger partial charge in [-0.05, 0) is 37.1 Å². The molecule has 0 saturated carbocycles. The molecule has 0 aliphatic carbocycles. The highest BCUT2D eigenvalue weighted by Gasteiger charge is 2.31. The van der Waals surface area contributed by atoms with E-state index in [9.17, 15) is 9.59 Å². The van der Waals surface area contributed by atoms with Gasteiger partial charge in [-0.15, -0.1) is 0 Å². The number of carboxylic acids is 1. The molecule has 5 nitrogen and oxygen atoms in total. The lowest BCUT2D eigenvalue weighted by atomic mass is 10.1. The lowest BCUT2D eigenvalue weighted by molar-refractivity contribution is -0.137. The van der Waals surface area contributed by atoms with Gasteiger partial charge in [-0.3, -0.25) is 14.5 Å². The maximum Gasteiger partial charge on any atom is 0.303 e. The van der Waals surface area contributed by atoms with E-state index >= 15 is 0 Å². The fraction of sp³-hybridized carbons (Fsp3) is 0.211. The van der Waals surface area contributed by atoms with Crippen LogP contribution in [0.1, 0.15) is 24.2 Å². The molecule has 8 heteroatoms. The highest BCUT2D eigenvalue weighted by Crippen LogP contribution is 2.34. The molecule has 2 heterocycles. The Morgan fingerprint density at radius 1 is 1.37 bits per heavy atom. The Kier molecular flexibility index (Phi) is 6.04. The van der Waals surface area contributed by atoms with E-state index in [1.54, 1.807) is 12.1 Å². The number of aliphatic carboxylic acids is 1. The topological polar surface area (TPSA) is 70.8 Å². The number of carbonyl (C=O) groups excluding carboxylic acids is 1. The van der Waals surface area contributed by atoms with Crippen LogP contribution in [0.3, 0.4) is 0 Å². The van der Waals surface area contributed by atoms with Crippen molar-refractivity contribution < 1.29 is 19.1 Å². The summed E-state index contributed by atoms with van der Waals surface area (Å²) in [5, 5.41) is 9.38. The Morgan fingerprint density at radius 3 is 2.85 bits per heavy atom. The van der Waals surface area contributed by atoms with Crippen molar-refractivity contribution in [1.29, 1.82) is 0 Å². The van der Waals surface area contributed by atoms with Crippen molar-refractivity contribution in [1.82, 2.24) is 4.90 Å². The minimum atomic E-state index is -0.893. The van der Waals surface area contributed by atoms with Gasteiger partial charge in [0.1, 0.15) is 15.8 Å². The second kappa shape index (κ2) is 8.29. The number of carboxylic acid groups (broad SMARTS) is 1. The van der Waals surface area contributed by atoms with Crippen molar-refractivity contribution in [3.8, 4) is 11.3 Å². The summed E-state index contributed by atoms with van der Waals surface area (Å²) >= 11 is 12.6. The second-order valence-corrected chi connectivity index (χ2v) is 8.08. The van der Waals surface area contributed by atoms with Crippen molar-refractivity contribution in [3.63, 3.8) is 0 Å². The molecule has 3 rings (SSSR count). The van der Waals surface area contributed by atoms with Crippen LogP contribution in [0.4, 0.5) is 0 Å². The first-order valence-corrected chi connectivity index (χ1v) is 9.79. The number of furan rings is 1. The molecule has 1 aromatic heterocycles. The van der Waals surface area contributed by atoms with Gasteiger partial charge < -0.3 is 9.52 Å². The van der Waals surface area contributed by atoms with Crippen LogP contribution >= 0.6 is 35.6 Å². The first-order chi connectivity index (χ1) is 12.8. The van der Waals surface area contributed by atoms with E-state index in [1.807, 2.05) is 31.2 Å². The zero-order valence-corrected chi connectivity index (χ0v) is 16.8. The molecule has 1 aliphatic heterocycles. The Morgan fingerprint density at radius 2 is 2.15 bits per heavy atom. The van der Waals surface area contributed by atoms with Crippen molar-refractivity contribution in [2.24, 2.45) is 0 Å². The summed E-state index contributed by atoms with van der Waals surface area (Å²) in [4.78, 5) is 25.0. The van der Waals surface area contributed by atoms with Crippen molar-refractivity contribution >= 4 is 57.9 Å². The molecule has 2 aromatic rings. The third kappa shape index (κ3) is 4.61. The predicted molar refractivity (Wildman–Crippen MR) is 111 cm³/mol. The van der Waals surface area contributed by atoms with Crippen LogP contribution in [0, 0.1) is 6.92 Å². The molecule has 27 heavy (non-hydrogen) atoms. The number of halogens is 1. The number of thiocarbonyl (C=S) groups is 1. The number of nitrogens with zero attached hydrogens (tertiary/aromatic N) is 1. The molecule has 0 atom stereocenters. The molecule has 140 valence electrons. The molecule has 0 bridgehead atoms. The van der Waals surface area contributed by atoms with Gasteiger partial charge in [-0.25, -0.2) is 0 Å². The van der Waals surface area contributed by atoms with Gasteiger partial charge in [-0.2, -0.15) is 0 Å². The standard InChI is InChI=1S/C19H16ClNO4S2/c1-11-4-5-12(9-14(11)20)15-7-6-13(25-15)10-16-18(24)21(19(26)27-16)8-2-3-17(22)23/h4-7,9-10H,2-3,8H2,1H3,(H,22,23)/b16-10+. The molecule has 1 saturated heterocycles. The van der Waals surface area contributed by atoms with Gasteiger partial charge in [0, 0.05) is 29.6 Å². The summed E-state index contributed by atoms with van der Waals surface area (Å²) in [6, 6.07) is 9.27. The fourth-order valence-corrected chi connectivity index (χ4v) is 4.01. The SMILES string of the molecule is Cc1ccc(-c2ccc(/C=C3/SC(=S)N(CCCC(=O)O)C3=O)o2)cc1Cl. The van der Waals surface area contributed by atoms with Crippen LogP contribution in [0.5, 0.6) is 0 Å². The number of hydrogen-bond donors (Lipinski definition) is 1. The first-order valence-electron chi connectivity index (χ1n) is 8.18. The quantitative estimate of drug-likeness (QED) is 0.524. The lowest BCUT2D eigenvalue weighted by Crippen LogP contribution is -2.29. The molecule has 0 unspecified atom stereocenters. The molecule has 1 fully saturated rings. The Bertz CT molecular complexity index is 951. The molecule has 1 amide bonds. The van der Waals surface area contributed by atoms with Gasteiger partial charge in [0.15, 0.2) is 0 Å². The van der Waals surface area contributed by atoms with E-state index in [-0.39, 0.29) is 12.3 Å². The summed E-state index contributed by atoms with van der Waals surface area (Å²) in [6.45, 7) is 2.22. The average Bonchev–Trinajstić information content (AvgIpc) is 3.17. The van der Waals surface area contributed by atoms with Gasteiger partial charge >= 0.3 is 5.97 Å². The number of rotatable bonds is 6. The maximum absolute atomic E-state index is 12.5. The van der Waals surface area contributed by atoms with Crippen LogP contribution in [0.2, 0.25) is 5.02 Å². The lowest BCUT2D eigenvalue weighted by Gasteiger charge is -2.13. The Labute approximate surface area is 171 Å². The highest BCUT2D eigenvalue weighted by molar-refractivity contribution is 8.26. The molecular formula is C19H16ClNO4S2. The monoisotopic (exact) mass is 421 g/mol. The van der Waals surface area contributed by atoms with Gasteiger partial charge in [-0.1, -0.05) is 47.7 Å². The minimum absolute atomic E-state index is 0.00321. The van der Waals surface area contributed by atoms with Crippen LogP contribution in [0.15, 0.2) is 39.7 Å². The van der Waals surface area contributed by atoms with Crippen LogP contribution in [-0.2, 0) is 9.59 Å². The number of aryl methyl sites for hydroxylation is 1. The number of benzene rings is 1. The Hall–Kier alpha value is -2.09. The van der Waals surface area contributed by atoms with E-state index in [0.717, 1.165) is 11.1 Å². The minimum Gasteiger partial charge on any atom is -0.481 e. The van der Waals surface area contributed by atoms with E-state index in [2.05, 4.69) is 0 Å². The zero-order chi connectivity index (χ0) is 19.6. The molecule has 1 aliphatic rings. The smallest absolute Gasteiger partial charge is 0.303 e. The number of carbonyl (C=O) groups is 2. The van der Waals surface area contributed by atoms with E-state index in [4.69, 9.17) is 33.3 Å². The molecule has 0 spiro atoms. The fourth-order valence-electron chi connectivity index (χ4n) is 2.54. The molecule has 1 N–H and O–H groups in total. The van der Waals surface area contributed by atoms with Gasteiger partial charge in [0.2, 0.25) is 0 Å². The average molecular weight is 422 g/mol. The molecule has 0 radical (unpaired) electrons. The van der Waals surface area contributed by atoms with Crippen LogP contribution in [0.25, 0.3) is 17.4 Å². The van der Waals surface area contributed by atoms with Gasteiger partial charge in [0.05, 0.1) is 4.91 Å². The second-order valence-electron chi connectivity index (χ2n) is 6.00. The van der Waals surface area contributed by atoms with E-state index < -0.39 is 5.97 Å². The largest absolute Gasteiger partial charge is 0.481 e. The van der Waals surface area contributed by atoms with Crippen molar-refractivity contribution in [2.45, 2.75) is 19.8 Å². The van der Waals surface area contributed by atoms with Crippen LogP contribution < -0.4 is 0 Å². The number of thioether (sulfide) groups is 1. The summed E-state index contributed by atoms with van der Waals surface area (Å²) in [5.74, 6) is 0.0647. The zero-order valence-electron chi connectivity index (χ0n) is 14.4. The number of amides is 1. The number of hydrogen-bond acceptors (Lipinski definition) is 5. The third-order valence-electron chi connectivity index (χ3n) is 4.00. The Balaban J connectivity index is 1.74. The summed E-state index contributed by atoms with van der Waals surface area (Å²) in [7, 11) is 0. The summed E-state index contributed by atoms with van der Waals surface area (Å²) in [5.41, 5.74) is 1.84. The maximum atomic E-state index is 12.5. The predicted octanol–water partition coefficient (Wildman–Crippen LogP) is 4.97. The van der Waals surface area contributed by atoms with Crippen molar-refractivity contribution in [2.75, 3.05) is 6.54 Å². The summed E-state index contributed by atoms with van der Waals surface area (Å²) < 4.78 is 6.24. The summed E-state index contributed by atoms with van der Waals surface area (Å²) in [6.07, 6.45) is 2.00. The third-order valence-corrected chi connectivity index (χ3v) is 5.79. The van der Waals surface area contributed by atoms with Gasteiger partial charge in [0.25, 0.3) is 5.91 Å². The van der Waals surface area contributed by atoms with E-state index in [0.29, 0.717) is 38.7 Å². The van der Waals surface area contributed by atoms with Crippen molar-refractivity contribution in [3.05, 3.63) is 51.6 Å². The highest BCUT2D eigenvalue weighted by atomic mass is 35.5. The normalized spacial score (nSPS) is 15.8. The molecular weight excluding hydrogens is 406 g/mol. The van der Waals surface area contributed by atoms with E-state index in [1.165, 1.54) is 16.7 Å².